The van der Waals surface area contributed by atoms with E-state index in [-0.39, 0.29) is 79.0 Å². The van der Waals surface area contributed by atoms with Crippen LogP contribution in [-0.4, -0.2) is 64.1 Å². The molecule has 1 aliphatic carbocycles. The van der Waals surface area contributed by atoms with Crippen molar-refractivity contribution >= 4 is 25.6 Å². The molecule has 2 saturated heterocycles. The molecule has 5 rings (SSSR count). The molecule has 0 N–H and O–H groups in total. The molecule has 0 spiro atoms. The van der Waals surface area contributed by atoms with Crippen molar-refractivity contribution in [2.24, 2.45) is 5.92 Å². The number of hydrogen-bond donors (Lipinski definition) is 0. The fourth-order valence-electron chi connectivity index (χ4n) is 7.43. The van der Waals surface area contributed by atoms with E-state index in [0.717, 1.165) is 11.6 Å². The fraction of sp³-hybridized carbons (Fsp3) is 0.581. The lowest BCUT2D eigenvalue weighted by Crippen LogP contribution is -2.62. The van der Waals surface area contributed by atoms with Crippen molar-refractivity contribution in [2.45, 2.75) is 92.0 Å². The lowest BCUT2D eigenvalue weighted by Gasteiger charge is -2.53. The van der Waals surface area contributed by atoms with E-state index < -0.39 is 65.9 Å². The summed E-state index contributed by atoms with van der Waals surface area (Å²) in [6, 6.07) is 6.58. The average Bonchev–Trinajstić information content (AvgIpc) is 3.18. The molecule has 0 bridgehead atoms. The maximum Gasteiger partial charge on any atom is 0.435 e. The number of hydrogen-bond acceptors (Lipinski definition) is 5. The van der Waals surface area contributed by atoms with Crippen molar-refractivity contribution in [3.8, 4) is 0 Å². The molecule has 46 heavy (non-hydrogen) atoms. The van der Waals surface area contributed by atoms with Gasteiger partial charge in [-0.3, -0.25) is 4.79 Å². The first kappa shape index (κ1) is 34.6. The van der Waals surface area contributed by atoms with E-state index in [1.165, 1.54) is 17.0 Å². The summed E-state index contributed by atoms with van der Waals surface area (Å²) in [6.45, 7) is 2.01. The third kappa shape index (κ3) is 5.52. The third-order valence-electron chi connectivity index (χ3n) is 9.83. The number of carbonyl (C=O) groups is 1. The van der Waals surface area contributed by atoms with Crippen LogP contribution in [-0.2, 0) is 47.7 Å². The SMILES string of the molecule is CCc1ccc(S(=O)(=O)C23CCCN(C(=O)C4CCCS(=O)(=O)CC4)C2CCc2cc(C(F)(C(F)(F)F)C(F)(F)F)ccc23)cc1. The van der Waals surface area contributed by atoms with Crippen LogP contribution in [0.15, 0.2) is 47.4 Å². The number of aryl methyl sites for hydroxylation is 2. The highest BCUT2D eigenvalue weighted by Gasteiger charge is 2.73. The number of nitrogens with zero attached hydrogens (tertiary/aromatic N) is 1. The zero-order chi connectivity index (χ0) is 33.9. The highest BCUT2D eigenvalue weighted by atomic mass is 32.2. The summed E-state index contributed by atoms with van der Waals surface area (Å²) >= 11 is 0. The van der Waals surface area contributed by atoms with Crippen molar-refractivity contribution in [1.82, 2.24) is 4.90 Å². The Labute approximate surface area is 263 Å². The maximum absolute atomic E-state index is 15.1. The minimum atomic E-state index is -6.35. The van der Waals surface area contributed by atoms with Gasteiger partial charge in [-0.15, -0.1) is 0 Å². The van der Waals surface area contributed by atoms with Gasteiger partial charge < -0.3 is 4.90 Å². The van der Waals surface area contributed by atoms with Gasteiger partial charge in [0.1, 0.15) is 14.6 Å². The van der Waals surface area contributed by atoms with E-state index >= 15 is 4.39 Å². The second-order valence-electron chi connectivity index (χ2n) is 12.4. The van der Waals surface area contributed by atoms with Gasteiger partial charge in [0.15, 0.2) is 9.84 Å². The first-order valence-electron chi connectivity index (χ1n) is 15.1. The van der Waals surface area contributed by atoms with Crippen LogP contribution >= 0.6 is 0 Å². The van der Waals surface area contributed by atoms with Gasteiger partial charge in [-0.25, -0.2) is 21.2 Å². The van der Waals surface area contributed by atoms with Crippen LogP contribution in [0.1, 0.15) is 67.7 Å². The summed E-state index contributed by atoms with van der Waals surface area (Å²) < 4.78 is 149. The minimum absolute atomic E-state index is 0.0516. The molecule has 0 saturated carbocycles. The molecule has 0 radical (unpaired) electrons. The first-order valence-corrected chi connectivity index (χ1v) is 18.4. The molecular formula is C31H34F7NO5S2. The molecule has 2 fully saturated rings. The number of benzene rings is 2. The van der Waals surface area contributed by atoms with E-state index in [2.05, 4.69) is 0 Å². The molecule has 6 nitrogen and oxygen atoms in total. The second-order valence-corrected chi connectivity index (χ2v) is 16.9. The van der Waals surface area contributed by atoms with Crippen molar-refractivity contribution < 1.29 is 52.4 Å². The molecule has 254 valence electrons. The highest BCUT2D eigenvalue weighted by molar-refractivity contribution is 7.92. The smallest absolute Gasteiger partial charge is 0.338 e. The Hall–Kier alpha value is -2.68. The monoisotopic (exact) mass is 697 g/mol. The summed E-state index contributed by atoms with van der Waals surface area (Å²) in [5.41, 5.74) is -6.81. The second kappa shape index (κ2) is 11.8. The largest absolute Gasteiger partial charge is 0.435 e. The predicted molar refractivity (Wildman–Crippen MR) is 155 cm³/mol. The summed E-state index contributed by atoms with van der Waals surface area (Å²) in [7, 11) is -7.83. The van der Waals surface area contributed by atoms with Crippen LogP contribution in [0.2, 0.25) is 0 Å². The van der Waals surface area contributed by atoms with E-state index in [4.69, 9.17) is 0 Å². The Balaban J connectivity index is 1.68. The number of alkyl halides is 7. The summed E-state index contributed by atoms with van der Waals surface area (Å²) in [6.07, 6.45) is -11.8. The number of carbonyl (C=O) groups excluding carboxylic acids is 1. The average molecular weight is 698 g/mol. The van der Waals surface area contributed by atoms with Crippen LogP contribution in [0.3, 0.4) is 0 Å². The van der Waals surface area contributed by atoms with Gasteiger partial charge >= 0.3 is 18.0 Å². The number of fused-ring (bicyclic) bond motifs is 3. The van der Waals surface area contributed by atoms with Crippen molar-refractivity contribution in [2.75, 3.05) is 18.1 Å². The first-order chi connectivity index (χ1) is 21.3. The Bertz CT molecular complexity index is 1690. The minimum Gasteiger partial charge on any atom is -0.338 e. The van der Waals surface area contributed by atoms with Crippen LogP contribution in [0.4, 0.5) is 30.7 Å². The normalized spacial score (nSPS) is 25.7. The summed E-state index contributed by atoms with van der Waals surface area (Å²) in [5, 5.41) is 0. The van der Waals surface area contributed by atoms with Crippen LogP contribution in [0, 0.1) is 5.92 Å². The maximum atomic E-state index is 15.1. The number of amides is 1. The van der Waals surface area contributed by atoms with Gasteiger partial charge in [0.25, 0.3) is 0 Å². The fourth-order valence-corrected chi connectivity index (χ4v) is 11.3. The van der Waals surface area contributed by atoms with E-state index in [1.54, 1.807) is 12.1 Å². The Morgan fingerprint density at radius 2 is 1.57 bits per heavy atom. The predicted octanol–water partition coefficient (Wildman–Crippen LogP) is 6.36. The summed E-state index contributed by atoms with van der Waals surface area (Å²) in [5.74, 6) is -1.41. The molecule has 3 unspecified atom stereocenters. The van der Waals surface area contributed by atoms with Gasteiger partial charge in [0.05, 0.1) is 22.4 Å². The van der Waals surface area contributed by atoms with Gasteiger partial charge in [-0.1, -0.05) is 37.3 Å². The zero-order valence-electron chi connectivity index (χ0n) is 24.9. The Morgan fingerprint density at radius 1 is 0.913 bits per heavy atom. The molecule has 2 aromatic carbocycles. The molecule has 2 aromatic rings. The molecule has 15 heteroatoms. The van der Waals surface area contributed by atoms with Crippen molar-refractivity contribution in [3.63, 3.8) is 0 Å². The van der Waals surface area contributed by atoms with Gasteiger partial charge in [0, 0.05) is 18.0 Å². The number of piperidine rings is 1. The summed E-state index contributed by atoms with van der Waals surface area (Å²) in [4.78, 5) is 15.3. The standard InChI is InChI=1S/C31H34F7NO5S2/c1-2-20-6-10-24(11-7-20)46(43,44)28-15-4-16-39(27(40)21-5-3-17-45(41,42)18-14-21)26(28)13-8-22-19-23(9-12-25(22)28)29(32,30(33,34)35)31(36,37)38/h6-7,9-12,19,21,26H,2-5,8,13-18H2,1H3. The van der Waals surface area contributed by atoms with Gasteiger partial charge in [-0.2, -0.15) is 26.3 Å². The highest BCUT2D eigenvalue weighted by Crippen LogP contribution is 2.56. The number of halogens is 7. The van der Waals surface area contributed by atoms with E-state index in [9.17, 15) is 48.0 Å². The number of likely N-dealkylation sites (tertiary alicyclic amines) is 1. The number of rotatable bonds is 5. The molecule has 2 heterocycles. The molecule has 3 aliphatic rings. The third-order valence-corrected chi connectivity index (χ3v) is 14.1. The Morgan fingerprint density at radius 3 is 2.17 bits per heavy atom. The molecule has 1 amide bonds. The topological polar surface area (TPSA) is 88.6 Å². The van der Waals surface area contributed by atoms with Crippen LogP contribution in [0.5, 0.6) is 0 Å². The van der Waals surface area contributed by atoms with Crippen LogP contribution < -0.4 is 0 Å². The lowest BCUT2D eigenvalue weighted by atomic mass is 9.72. The molecular weight excluding hydrogens is 663 g/mol. The van der Waals surface area contributed by atoms with Gasteiger partial charge in [-0.05, 0) is 80.2 Å². The molecule has 0 aromatic heterocycles. The zero-order valence-corrected chi connectivity index (χ0v) is 26.6. The quantitative estimate of drug-likeness (QED) is 0.340. The van der Waals surface area contributed by atoms with Crippen molar-refractivity contribution in [3.05, 3.63) is 64.7 Å². The Kier molecular flexibility index (Phi) is 8.87. The van der Waals surface area contributed by atoms with Crippen LogP contribution in [0.25, 0.3) is 0 Å². The van der Waals surface area contributed by atoms with E-state index in [1.807, 2.05) is 6.92 Å². The number of sulfone groups is 2. The van der Waals surface area contributed by atoms with E-state index in [0.29, 0.717) is 18.6 Å². The van der Waals surface area contributed by atoms with Crippen molar-refractivity contribution in [1.29, 1.82) is 0 Å². The lowest BCUT2D eigenvalue weighted by molar-refractivity contribution is -0.348. The molecule has 3 atom stereocenters. The molecule has 2 aliphatic heterocycles. The van der Waals surface area contributed by atoms with Gasteiger partial charge in [0.2, 0.25) is 5.91 Å².